The Morgan fingerprint density at radius 3 is 1.62 bits per heavy atom. The number of carbonyl (C=O) groups is 1. The predicted octanol–water partition coefficient (Wildman–Crippen LogP) is 6.20. The molecule has 1 atom stereocenters. The Hall–Kier alpha value is -2.96. The number of primary amides is 1. The van der Waals surface area contributed by atoms with Gasteiger partial charge in [0.15, 0.2) is 4.45 Å². The zero-order chi connectivity index (χ0) is 22.3. The SMILES string of the molecule is CC(C)C(Br)(C(N)=O)N(c1ccc2ccccc2c1O)c1ccc2ccccc2c1O.Cl. The molecule has 4 aromatic carbocycles. The second kappa shape index (κ2) is 8.88. The molecule has 4 N–H and O–H groups in total. The number of nitrogens with zero attached hydrogens (tertiary/aromatic N) is 1. The lowest BCUT2D eigenvalue weighted by atomic mass is 9.97. The van der Waals surface area contributed by atoms with E-state index in [0.717, 1.165) is 10.8 Å². The summed E-state index contributed by atoms with van der Waals surface area (Å²) in [7, 11) is 0. The summed E-state index contributed by atoms with van der Waals surface area (Å²) in [6.45, 7) is 3.70. The van der Waals surface area contributed by atoms with Gasteiger partial charge in [0.25, 0.3) is 5.91 Å². The summed E-state index contributed by atoms with van der Waals surface area (Å²) >= 11 is 3.58. The highest BCUT2D eigenvalue weighted by atomic mass is 79.9. The van der Waals surface area contributed by atoms with Gasteiger partial charge < -0.3 is 20.8 Å². The lowest BCUT2D eigenvalue weighted by molar-refractivity contribution is -0.120. The van der Waals surface area contributed by atoms with E-state index in [0.29, 0.717) is 22.1 Å². The number of nitrogens with two attached hydrogens (primary N) is 1. The molecule has 32 heavy (non-hydrogen) atoms. The van der Waals surface area contributed by atoms with E-state index in [-0.39, 0.29) is 29.8 Å². The lowest BCUT2D eigenvalue weighted by Crippen LogP contribution is -2.55. The van der Waals surface area contributed by atoms with Crippen LogP contribution in [0.15, 0.2) is 72.8 Å². The topological polar surface area (TPSA) is 86.8 Å². The van der Waals surface area contributed by atoms with Crippen LogP contribution in [-0.4, -0.2) is 20.6 Å². The highest BCUT2D eigenvalue weighted by Gasteiger charge is 2.46. The fraction of sp³-hybridized carbons (Fsp3) is 0.160. The largest absolute Gasteiger partial charge is 0.505 e. The van der Waals surface area contributed by atoms with E-state index in [9.17, 15) is 15.0 Å². The van der Waals surface area contributed by atoms with Gasteiger partial charge in [-0.1, -0.05) is 74.5 Å². The molecule has 0 aliphatic carbocycles. The fourth-order valence-corrected chi connectivity index (χ4v) is 4.36. The molecule has 4 aromatic rings. The molecule has 1 unspecified atom stereocenters. The summed E-state index contributed by atoms with van der Waals surface area (Å²) < 4.78 is -1.41. The van der Waals surface area contributed by atoms with Crippen LogP contribution in [0, 0.1) is 5.92 Å². The maximum atomic E-state index is 12.8. The second-order valence-electron chi connectivity index (χ2n) is 7.84. The summed E-state index contributed by atoms with van der Waals surface area (Å²) in [5.41, 5.74) is 6.59. The van der Waals surface area contributed by atoms with Gasteiger partial charge >= 0.3 is 0 Å². The Balaban J connectivity index is 0.00000289. The standard InChI is InChI=1S/C25H23BrN2O3.ClH/c1-15(2)25(26,24(27)31)28(20-13-11-16-7-3-5-9-18(16)22(20)29)21-14-12-17-8-4-6-10-19(17)23(21)30;/h3-15,29-30H,1-2H3,(H2,27,31);1H. The Labute approximate surface area is 201 Å². The van der Waals surface area contributed by atoms with E-state index in [2.05, 4.69) is 15.9 Å². The quantitative estimate of drug-likeness (QED) is 0.218. The van der Waals surface area contributed by atoms with Gasteiger partial charge in [-0.2, -0.15) is 0 Å². The summed E-state index contributed by atoms with van der Waals surface area (Å²) in [4.78, 5) is 14.4. The Morgan fingerprint density at radius 1 is 0.844 bits per heavy atom. The number of carbonyl (C=O) groups excluding carboxylic acids is 1. The van der Waals surface area contributed by atoms with E-state index in [1.54, 1.807) is 17.0 Å². The number of aromatic hydroxyl groups is 2. The molecule has 4 rings (SSSR count). The molecule has 0 aromatic heterocycles. The Kier molecular flexibility index (Phi) is 6.58. The molecule has 0 radical (unpaired) electrons. The van der Waals surface area contributed by atoms with Crippen molar-refractivity contribution < 1.29 is 15.0 Å². The van der Waals surface area contributed by atoms with Gasteiger partial charge in [-0.25, -0.2) is 0 Å². The number of hydrogen-bond acceptors (Lipinski definition) is 4. The van der Waals surface area contributed by atoms with Gasteiger partial charge in [-0.05, 0) is 44.8 Å². The minimum absolute atomic E-state index is 0. The average molecular weight is 516 g/mol. The third-order valence-electron chi connectivity index (χ3n) is 5.68. The molecule has 5 nitrogen and oxygen atoms in total. The first-order chi connectivity index (χ1) is 14.8. The van der Waals surface area contributed by atoms with Crippen LogP contribution >= 0.6 is 28.3 Å². The number of amides is 1. The monoisotopic (exact) mass is 514 g/mol. The predicted molar refractivity (Wildman–Crippen MR) is 136 cm³/mol. The average Bonchev–Trinajstić information content (AvgIpc) is 2.76. The zero-order valence-corrected chi connectivity index (χ0v) is 20.0. The first-order valence-electron chi connectivity index (χ1n) is 9.97. The smallest absolute Gasteiger partial charge is 0.255 e. The van der Waals surface area contributed by atoms with Crippen molar-refractivity contribution >= 4 is 67.2 Å². The number of rotatable bonds is 5. The van der Waals surface area contributed by atoms with Gasteiger partial charge in [-0.3, -0.25) is 4.79 Å². The third kappa shape index (κ3) is 3.63. The highest BCUT2D eigenvalue weighted by molar-refractivity contribution is 9.10. The van der Waals surface area contributed by atoms with Gasteiger partial charge in [-0.15, -0.1) is 12.4 Å². The molecule has 0 aliphatic heterocycles. The maximum absolute atomic E-state index is 12.8. The van der Waals surface area contributed by atoms with Crippen molar-refractivity contribution in [1.82, 2.24) is 0 Å². The van der Waals surface area contributed by atoms with E-state index >= 15 is 0 Å². The number of benzene rings is 4. The number of halogens is 2. The van der Waals surface area contributed by atoms with Crippen LogP contribution in [0.2, 0.25) is 0 Å². The summed E-state index contributed by atoms with van der Waals surface area (Å²) in [6, 6.07) is 22.0. The fourth-order valence-electron chi connectivity index (χ4n) is 3.98. The van der Waals surface area contributed by atoms with Crippen molar-refractivity contribution in [2.45, 2.75) is 18.3 Å². The first-order valence-corrected chi connectivity index (χ1v) is 10.8. The second-order valence-corrected chi connectivity index (χ2v) is 9.05. The molecule has 1 amide bonds. The molecule has 0 heterocycles. The van der Waals surface area contributed by atoms with Crippen LogP contribution in [0.3, 0.4) is 0 Å². The van der Waals surface area contributed by atoms with Gasteiger partial charge in [0, 0.05) is 10.8 Å². The van der Waals surface area contributed by atoms with Crippen LogP contribution in [0.1, 0.15) is 13.8 Å². The molecule has 0 bridgehead atoms. The molecule has 0 saturated carbocycles. The molecule has 7 heteroatoms. The van der Waals surface area contributed by atoms with Crippen LogP contribution in [0.5, 0.6) is 11.5 Å². The number of anilines is 2. The van der Waals surface area contributed by atoms with Crippen LogP contribution in [-0.2, 0) is 4.79 Å². The molecule has 0 fully saturated rings. The highest BCUT2D eigenvalue weighted by Crippen LogP contribution is 2.50. The molecule has 0 saturated heterocycles. The number of phenols is 2. The van der Waals surface area contributed by atoms with E-state index < -0.39 is 10.4 Å². The molecule has 0 aliphatic rings. The number of fused-ring (bicyclic) bond motifs is 2. The van der Waals surface area contributed by atoms with E-state index in [4.69, 9.17) is 5.73 Å². The normalized spacial score (nSPS) is 13.0. The van der Waals surface area contributed by atoms with Gasteiger partial charge in [0.2, 0.25) is 0 Å². The molecule has 0 spiro atoms. The lowest BCUT2D eigenvalue weighted by Gasteiger charge is -2.42. The van der Waals surface area contributed by atoms with E-state index in [1.165, 1.54) is 0 Å². The zero-order valence-electron chi connectivity index (χ0n) is 17.6. The number of phenolic OH excluding ortho intramolecular Hbond substituents is 2. The number of alkyl halides is 1. The van der Waals surface area contributed by atoms with E-state index in [1.807, 2.05) is 74.5 Å². The van der Waals surface area contributed by atoms with Gasteiger partial charge in [0.05, 0.1) is 11.4 Å². The molecular weight excluding hydrogens is 492 g/mol. The van der Waals surface area contributed by atoms with Crippen LogP contribution in [0.25, 0.3) is 21.5 Å². The molecule has 166 valence electrons. The minimum Gasteiger partial charge on any atom is -0.505 e. The Bertz CT molecular complexity index is 1230. The van der Waals surface area contributed by atoms with Crippen molar-refractivity contribution in [3.05, 3.63) is 72.8 Å². The van der Waals surface area contributed by atoms with Crippen LogP contribution < -0.4 is 10.6 Å². The van der Waals surface area contributed by atoms with Crippen molar-refractivity contribution in [2.75, 3.05) is 4.90 Å². The number of hydrogen-bond donors (Lipinski definition) is 3. The van der Waals surface area contributed by atoms with Crippen molar-refractivity contribution in [2.24, 2.45) is 11.7 Å². The minimum atomic E-state index is -1.41. The summed E-state index contributed by atoms with van der Waals surface area (Å²) in [5, 5.41) is 25.4. The van der Waals surface area contributed by atoms with Crippen LogP contribution in [0.4, 0.5) is 11.4 Å². The first kappa shape index (κ1) is 23.7. The summed E-state index contributed by atoms with van der Waals surface area (Å²) in [5.74, 6) is -0.947. The van der Waals surface area contributed by atoms with Crippen molar-refractivity contribution in [1.29, 1.82) is 0 Å². The van der Waals surface area contributed by atoms with Crippen molar-refractivity contribution in [3.8, 4) is 11.5 Å². The summed E-state index contributed by atoms with van der Waals surface area (Å²) in [6.07, 6.45) is 0. The Morgan fingerprint density at radius 2 is 1.25 bits per heavy atom. The molecular formula is C25H24BrClN2O3. The maximum Gasteiger partial charge on any atom is 0.255 e. The third-order valence-corrected chi connectivity index (χ3v) is 7.34. The van der Waals surface area contributed by atoms with Gasteiger partial charge in [0.1, 0.15) is 11.5 Å². The van der Waals surface area contributed by atoms with Crippen molar-refractivity contribution in [3.63, 3.8) is 0 Å².